The van der Waals surface area contributed by atoms with Gasteiger partial charge >= 0.3 is 12.1 Å². The van der Waals surface area contributed by atoms with Gasteiger partial charge < -0.3 is 29.2 Å². The van der Waals surface area contributed by atoms with Gasteiger partial charge in [0.15, 0.2) is 0 Å². The number of carbonyl (C=O) groups excluding carboxylic acids is 3. The van der Waals surface area contributed by atoms with Crippen LogP contribution in [0.2, 0.25) is 0 Å². The molecule has 260 valence electrons. The van der Waals surface area contributed by atoms with E-state index in [4.69, 9.17) is 18.9 Å². The fraction of sp³-hybridized carbons (Fsp3) is 0.595. The van der Waals surface area contributed by atoms with Crippen molar-refractivity contribution >= 4 is 35.1 Å². The van der Waals surface area contributed by atoms with Crippen molar-refractivity contribution in [3.63, 3.8) is 0 Å². The lowest BCUT2D eigenvalue weighted by Gasteiger charge is -2.36. The highest BCUT2D eigenvalue weighted by atomic mass is 16.6. The predicted molar refractivity (Wildman–Crippen MR) is 182 cm³/mol. The molecule has 1 aromatic heterocycles. The third kappa shape index (κ3) is 7.15. The topological polar surface area (TPSA) is 129 Å². The normalized spacial score (nSPS) is 27.0. The van der Waals surface area contributed by atoms with Crippen molar-refractivity contribution < 1.29 is 33.3 Å². The van der Waals surface area contributed by atoms with Gasteiger partial charge in [0.05, 0.1) is 31.8 Å². The van der Waals surface area contributed by atoms with Crippen molar-refractivity contribution in [2.24, 2.45) is 29.1 Å². The molecule has 2 heterocycles. The quantitative estimate of drug-likeness (QED) is 0.166. The van der Waals surface area contributed by atoms with Crippen LogP contribution < -0.4 is 14.8 Å². The zero-order chi connectivity index (χ0) is 34.7. The maximum absolute atomic E-state index is 14.4. The lowest BCUT2D eigenvalue weighted by atomic mass is 9.83. The number of alkyl carbamates (subject to hydrolysis) is 1. The van der Waals surface area contributed by atoms with E-state index in [-0.39, 0.29) is 18.5 Å². The average Bonchev–Trinajstić information content (AvgIpc) is 3.76. The van der Waals surface area contributed by atoms with Gasteiger partial charge in [0.1, 0.15) is 35.7 Å². The van der Waals surface area contributed by atoms with E-state index in [1.807, 2.05) is 33.8 Å². The maximum Gasteiger partial charge on any atom is 0.408 e. The molecule has 8 unspecified atom stereocenters. The second kappa shape index (κ2) is 14.5. The fourth-order valence-electron chi connectivity index (χ4n) is 7.85. The molecule has 2 amide bonds. The Labute approximate surface area is 283 Å². The first-order valence-electron chi connectivity index (χ1n) is 17.0. The van der Waals surface area contributed by atoms with Gasteiger partial charge in [0.2, 0.25) is 11.8 Å². The Morgan fingerprint density at radius 2 is 1.85 bits per heavy atom. The van der Waals surface area contributed by atoms with Crippen LogP contribution in [0.1, 0.15) is 71.9 Å². The summed E-state index contributed by atoms with van der Waals surface area (Å²) in [7, 11) is 2.87. The number of esters is 1. The number of allylic oxidation sites excluding steroid dienone is 1. The first-order valence-corrected chi connectivity index (χ1v) is 17.0. The van der Waals surface area contributed by atoms with Crippen LogP contribution >= 0.6 is 0 Å². The highest BCUT2D eigenvalue weighted by molar-refractivity contribution is 5.91. The first-order chi connectivity index (χ1) is 22.9. The average molecular weight is 663 g/mol. The molecular formula is C37H50N4O7. The molecule has 11 nitrogen and oxygen atoms in total. The van der Waals surface area contributed by atoms with Crippen molar-refractivity contribution in [1.82, 2.24) is 20.2 Å². The first kappa shape index (κ1) is 35.2. The van der Waals surface area contributed by atoms with E-state index in [9.17, 15) is 14.4 Å². The summed E-state index contributed by atoms with van der Waals surface area (Å²) in [5.74, 6) is 0.619. The number of hydrogen-bond acceptors (Lipinski definition) is 9. The van der Waals surface area contributed by atoms with Crippen molar-refractivity contribution in [2.75, 3.05) is 20.8 Å². The van der Waals surface area contributed by atoms with Crippen LogP contribution in [0, 0.1) is 29.1 Å². The Morgan fingerprint density at radius 3 is 2.52 bits per heavy atom. The summed E-state index contributed by atoms with van der Waals surface area (Å²) >= 11 is 0. The number of amides is 2. The van der Waals surface area contributed by atoms with Crippen molar-refractivity contribution in [2.45, 2.75) is 90.5 Å². The number of ether oxygens (including phenoxy) is 4. The van der Waals surface area contributed by atoms with Gasteiger partial charge in [-0.05, 0) is 79.9 Å². The molecule has 3 aliphatic rings. The predicted octanol–water partition coefficient (Wildman–Crippen LogP) is 5.96. The van der Waals surface area contributed by atoms with Gasteiger partial charge in [-0.1, -0.05) is 40.3 Å². The highest BCUT2D eigenvalue weighted by Gasteiger charge is 2.52. The number of aromatic nitrogens is 2. The third-order valence-electron chi connectivity index (χ3n) is 10.4. The number of carbonyl (C=O) groups is 3. The molecule has 3 fully saturated rings. The Hall–Kier alpha value is -4.15. The summed E-state index contributed by atoms with van der Waals surface area (Å²) in [6.45, 7) is 15.2. The van der Waals surface area contributed by atoms with Crippen molar-refractivity contribution in [3.05, 3.63) is 43.1 Å². The largest absolute Gasteiger partial charge is 0.497 e. The summed E-state index contributed by atoms with van der Waals surface area (Å²) < 4.78 is 23.0. The Bertz CT molecular complexity index is 1540. The molecular weight excluding hydrogens is 612 g/mol. The van der Waals surface area contributed by atoms with E-state index in [0.29, 0.717) is 40.2 Å². The summed E-state index contributed by atoms with van der Waals surface area (Å²) in [4.78, 5) is 51.9. The van der Waals surface area contributed by atoms with Crippen LogP contribution in [-0.4, -0.2) is 77.9 Å². The summed E-state index contributed by atoms with van der Waals surface area (Å²) in [5.41, 5.74) is 0.934. The van der Waals surface area contributed by atoms with Gasteiger partial charge in [-0.15, -0.1) is 6.58 Å². The zero-order valence-electron chi connectivity index (χ0n) is 29.1. The van der Waals surface area contributed by atoms with Gasteiger partial charge in [0, 0.05) is 12.0 Å². The molecule has 2 aliphatic carbocycles. The van der Waals surface area contributed by atoms with Crippen LogP contribution in [0.5, 0.6) is 11.6 Å². The molecule has 1 aliphatic heterocycles. The standard InChI is InChI=1S/C37H50N4O7/c1-9-11-12-13-25-22-14-15-23(18-22)31(25)48-36(44)40-32(37(4,5)6)34(42)41-20-29(21(3)30(41)35(43)46-8)47-33-26(10-2)38-27-17-16-24(45-7)19-28(27)39-33/h9-10,16-17,19,21-23,25,29-32H,1-2,11-15,18,20H2,3-8H3,(H,40,44). The molecule has 1 N–H and O–H groups in total. The molecule has 2 bridgehead atoms. The maximum atomic E-state index is 14.4. The second-order valence-electron chi connectivity index (χ2n) is 14.5. The number of rotatable bonds is 12. The van der Waals surface area contributed by atoms with E-state index in [0.717, 1.165) is 32.1 Å². The summed E-state index contributed by atoms with van der Waals surface area (Å²) in [5, 5.41) is 2.90. The highest BCUT2D eigenvalue weighted by Crippen LogP contribution is 2.51. The minimum atomic E-state index is -0.974. The van der Waals surface area contributed by atoms with Gasteiger partial charge in [-0.2, -0.15) is 0 Å². The minimum Gasteiger partial charge on any atom is -0.497 e. The number of nitrogens with one attached hydrogen (secondary N) is 1. The number of hydrogen-bond donors (Lipinski definition) is 1. The molecule has 2 saturated carbocycles. The lowest BCUT2D eigenvalue weighted by Crippen LogP contribution is -2.57. The number of likely N-dealkylation sites (tertiary alicyclic amines) is 1. The SMILES string of the molecule is C=CCCCC1C2CCC(C2)C1OC(=O)NC(C(=O)N1CC(Oc2nc3cc(OC)ccc3nc2C=C)C(C)C1C(=O)OC)C(C)(C)C. The third-order valence-corrected chi connectivity index (χ3v) is 10.4. The second-order valence-corrected chi connectivity index (χ2v) is 14.5. The van der Waals surface area contributed by atoms with Gasteiger partial charge in [0.25, 0.3) is 0 Å². The van der Waals surface area contributed by atoms with E-state index >= 15 is 0 Å². The number of fused-ring (bicyclic) bond motifs is 3. The Morgan fingerprint density at radius 1 is 1.10 bits per heavy atom. The summed E-state index contributed by atoms with van der Waals surface area (Å²) in [6, 6.07) is 3.43. The molecule has 1 aromatic carbocycles. The fourth-order valence-corrected chi connectivity index (χ4v) is 7.85. The minimum absolute atomic E-state index is 0.0647. The summed E-state index contributed by atoms with van der Waals surface area (Å²) in [6.07, 6.45) is 8.32. The molecule has 8 atom stereocenters. The van der Waals surface area contributed by atoms with Crippen LogP contribution in [0.15, 0.2) is 37.4 Å². The smallest absolute Gasteiger partial charge is 0.408 e. The van der Waals surface area contributed by atoms with E-state index < -0.39 is 47.5 Å². The molecule has 48 heavy (non-hydrogen) atoms. The number of methoxy groups -OCH3 is 2. The van der Waals surface area contributed by atoms with Gasteiger partial charge in [-0.25, -0.2) is 19.6 Å². The molecule has 2 aromatic rings. The van der Waals surface area contributed by atoms with Crippen molar-refractivity contribution in [1.29, 1.82) is 0 Å². The molecule has 11 heteroatoms. The van der Waals surface area contributed by atoms with E-state index in [2.05, 4.69) is 28.4 Å². The van der Waals surface area contributed by atoms with E-state index in [1.54, 1.807) is 31.4 Å². The van der Waals surface area contributed by atoms with E-state index in [1.165, 1.54) is 18.4 Å². The monoisotopic (exact) mass is 662 g/mol. The number of benzene rings is 1. The van der Waals surface area contributed by atoms with Crippen LogP contribution in [-0.2, 0) is 19.1 Å². The molecule has 5 rings (SSSR count). The number of nitrogens with zero attached hydrogens (tertiary/aromatic N) is 3. The number of unbranched alkanes of at least 4 members (excludes halogenated alkanes) is 1. The zero-order valence-corrected chi connectivity index (χ0v) is 29.1. The van der Waals surface area contributed by atoms with Crippen LogP contribution in [0.4, 0.5) is 4.79 Å². The van der Waals surface area contributed by atoms with Crippen LogP contribution in [0.25, 0.3) is 17.1 Å². The lowest BCUT2D eigenvalue weighted by molar-refractivity contribution is -0.153. The van der Waals surface area contributed by atoms with Crippen molar-refractivity contribution in [3.8, 4) is 11.6 Å². The Kier molecular flexibility index (Phi) is 10.7. The molecule has 1 saturated heterocycles. The molecule has 0 spiro atoms. The van der Waals surface area contributed by atoms with Crippen LogP contribution in [0.3, 0.4) is 0 Å². The Balaban J connectivity index is 1.36. The van der Waals surface area contributed by atoms with Gasteiger partial charge in [-0.3, -0.25) is 4.79 Å². The molecule has 0 radical (unpaired) electrons.